The summed E-state index contributed by atoms with van der Waals surface area (Å²) in [4.78, 5) is 22.8. The molecule has 3 fully saturated rings. The predicted octanol–water partition coefficient (Wildman–Crippen LogP) is 0.494. The summed E-state index contributed by atoms with van der Waals surface area (Å²) >= 11 is 0. The van der Waals surface area contributed by atoms with E-state index < -0.39 is 12.1 Å². The molecule has 0 aliphatic heterocycles. The molecular formula is C13H19NO4. The molecule has 0 aromatic carbocycles. The molecule has 5 atom stereocenters. The maximum Gasteiger partial charge on any atom is 0.334 e. The number of methoxy groups -OCH3 is 1. The van der Waals surface area contributed by atoms with Crippen molar-refractivity contribution in [3.63, 3.8) is 0 Å². The van der Waals surface area contributed by atoms with Gasteiger partial charge in [-0.15, -0.1) is 0 Å². The standard InChI is InChI=1S/C13H19NO4/c1-18-8(13(16)17)5-14-12(15)11-9-6-2-3-7(4-6)10(9)11/h6-11H,2-5H2,1H3,(H,14,15)(H,16,17). The van der Waals surface area contributed by atoms with Crippen molar-refractivity contribution in [3.8, 4) is 0 Å². The summed E-state index contributed by atoms with van der Waals surface area (Å²) in [5, 5.41) is 11.5. The highest BCUT2D eigenvalue weighted by Gasteiger charge is 2.67. The number of hydrogen-bond acceptors (Lipinski definition) is 3. The molecule has 0 heterocycles. The zero-order valence-corrected chi connectivity index (χ0v) is 10.5. The second kappa shape index (κ2) is 4.23. The van der Waals surface area contributed by atoms with Gasteiger partial charge in [0.05, 0.1) is 6.54 Å². The van der Waals surface area contributed by atoms with Crippen LogP contribution in [0.4, 0.5) is 0 Å². The van der Waals surface area contributed by atoms with Crippen molar-refractivity contribution < 1.29 is 19.4 Å². The summed E-state index contributed by atoms with van der Waals surface area (Å²) in [6, 6.07) is 0. The molecule has 100 valence electrons. The Morgan fingerprint density at radius 3 is 2.44 bits per heavy atom. The van der Waals surface area contributed by atoms with E-state index in [2.05, 4.69) is 5.32 Å². The Morgan fingerprint density at radius 1 is 1.33 bits per heavy atom. The number of nitrogens with one attached hydrogen (secondary N) is 1. The minimum atomic E-state index is -1.03. The smallest absolute Gasteiger partial charge is 0.334 e. The fraction of sp³-hybridized carbons (Fsp3) is 0.846. The van der Waals surface area contributed by atoms with Crippen LogP contribution in [0.5, 0.6) is 0 Å². The van der Waals surface area contributed by atoms with Crippen molar-refractivity contribution in [2.75, 3.05) is 13.7 Å². The highest BCUT2D eigenvalue weighted by molar-refractivity contribution is 5.83. The molecule has 18 heavy (non-hydrogen) atoms. The lowest BCUT2D eigenvalue weighted by atomic mass is 10.0. The summed E-state index contributed by atoms with van der Waals surface area (Å²) in [6.45, 7) is 0.0654. The zero-order valence-electron chi connectivity index (χ0n) is 10.5. The van der Waals surface area contributed by atoms with Gasteiger partial charge in [-0.1, -0.05) is 0 Å². The molecule has 0 spiro atoms. The Morgan fingerprint density at radius 2 is 1.94 bits per heavy atom. The van der Waals surface area contributed by atoms with Gasteiger partial charge in [-0.3, -0.25) is 4.79 Å². The van der Waals surface area contributed by atoms with Crippen LogP contribution in [-0.2, 0) is 14.3 Å². The van der Waals surface area contributed by atoms with Crippen LogP contribution < -0.4 is 5.32 Å². The average molecular weight is 253 g/mol. The Balaban J connectivity index is 1.51. The average Bonchev–Trinajstić information content (AvgIpc) is 2.78. The number of ether oxygens (including phenoxy) is 1. The Kier molecular flexibility index (Phi) is 2.81. The van der Waals surface area contributed by atoms with Gasteiger partial charge in [0.1, 0.15) is 0 Å². The van der Waals surface area contributed by atoms with E-state index in [4.69, 9.17) is 9.84 Å². The topological polar surface area (TPSA) is 75.6 Å². The van der Waals surface area contributed by atoms with E-state index >= 15 is 0 Å². The van der Waals surface area contributed by atoms with Crippen LogP contribution in [0, 0.1) is 29.6 Å². The second-order valence-corrected chi connectivity index (χ2v) is 5.82. The first kappa shape index (κ1) is 12.0. The number of hydrogen-bond donors (Lipinski definition) is 2. The third kappa shape index (κ3) is 1.72. The molecule has 3 aliphatic carbocycles. The van der Waals surface area contributed by atoms with Crippen LogP contribution in [0.15, 0.2) is 0 Å². The number of amides is 1. The van der Waals surface area contributed by atoms with Crippen LogP contribution in [-0.4, -0.2) is 36.7 Å². The number of carboxylic acids is 1. The van der Waals surface area contributed by atoms with E-state index in [9.17, 15) is 9.59 Å². The highest BCUT2D eigenvalue weighted by atomic mass is 16.5. The lowest BCUT2D eigenvalue weighted by molar-refractivity contribution is -0.148. The first-order valence-corrected chi connectivity index (χ1v) is 6.66. The third-order valence-electron chi connectivity index (χ3n) is 5.06. The Bertz CT molecular complexity index is 367. The van der Waals surface area contributed by atoms with Crippen molar-refractivity contribution in [1.29, 1.82) is 0 Å². The van der Waals surface area contributed by atoms with Gasteiger partial charge in [0, 0.05) is 13.0 Å². The van der Waals surface area contributed by atoms with Crippen molar-refractivity contribution in [2.24, 2.45) is 29.6 Å². The zero-order chi connectivity index (χ0) is 12.9. The summed E-state index contributed by atoms with van der Waals surface area (Å²) in [5.41, 5.74) is 0. The first-order valence-electron chi connectivity index (χ1n) is 6.66. The third-order valence-corrected chi connectivity index (χ3v) is 5.06. The Labute approximate surface area is 106 Å². The molecule has 0 saturated heterocycles. The van der Waals surface area contributed by atoms with E-state index in [1.807, 2.05) is 0 Å². The quantitative estimate of drug-likeness (QED) is 0.748. The minimum Gasteiger partial charge on any atom is -0.479 e. The normalized spacial score (nSPS) is 41.3. The largest absolute Gasteiger partial charge is 0.479 e. The van der Waals surface area contributed by atoms with Gasteiger partial charge in [-0.2, -0.15) is 0 Å². The molecule has 5 heteroatoms. The fourth-order valence-electron chi connectivity index (χ4n) is 4.26. The maximum absolute atomic E-state index is 12.0. The molecule has 5 nitrogen and oxygen atoms in total. The van der Waals surface area contributed by atoms with Crippen molar-refractivity contribution in [3.05, 3.63) is 0 Å². The van der Waals surface area contributed by atoms with Crippen LogP contribution in [0.3, 0.4) is 0 Å². The number of carbonyl (C=O) groups is 2. The number of rotatable bonds is 5. The van der Waals surface area contributed by atoms with Gasteiger partial charge >= 0.3 is 5.97 Å². The van der Waals surface area contributed by atoms with Crippen molar-refractivity contribution in [2.45, 2.75) is 25.4 Å². The molecule has 2 N–H and O–H groups in total. The molecule has 0 aromatic rings. The van der Waals surface area contributed by atoms with Gasteiger partial charge in [0.15, 0.2) is 6.10 Å². The highest BCUT2D eigenvalue weighted by Crippen LogP contribution is 2.69. The summed E-state index contributed by atoms with van der Waals surface area (Å²) in [6.07, 6.45) is 2.94. The molecule has 0 radical (unpaired) electrons. The van der Waals surface area contributed by atoms with Crippen LogP contribution >= 0.6 is 0 Å². The Hall–Kier alpha value is -1.10. The molecular weight excluding hydrogens is 234 g/mol. The van der Waals surface area contributed by atoms with E-state index in [0.29, 0.717) is 11.8 Å². The van der Waals surface area contributed by atoms with Gasteiger partial charge in [-0.25, -0.2) is 4.79 Å². The monoisotopic (exact) mass is 253 g/mol. The van der Waals surface area contributed by atoms with E-state index in [0.717, 1.165) is 11.8 Å². The van der Waals surface area contributed by atoms with Crippen LogP contribution in [0.2, 0.25) is 0 Å². The van der Waals surface area contributed by atoms with Crippen molar-refractivity contribution >= 4 is 11.9 Å². The van der Waals surface area contributed by atoms with Gasteiger partial charge < -0.3 is 15.2 Å². The van der Waals surface area contributed by atoms with Crippen LogP contribution in [0.25, 0.3) is 0 Å². The number of carbonyl (C=O) groups excluding carboxylic acids is 1. The summed E-state index contributed by atoms with van der Waals surface area (Å²) in [7, 11) is 1.34. The summed E-state index contributed by atoms with van der Waals surface area (Å²) in [5.74, 6) is 1.85. The van der Waals surface area contributed by atoms with Crippen LogP contribution in [0.1, 0.15) is 19.3 Å². The predicted molar refractivity (Wildman–Crippen MR) is 62.7 cm³/mol. The minimum absolute atomic E-state index is 0.0323. The van der Waals surface area contributed by atoms with Gasteiger partial charge in [0.25, 0.3) is 0 Å². The number of carboxylic acid groups (broad SMARTS) is 1. The molecule has 3 aliphatic rings. The molecule has 2 bridgehead atoms. The molecule has 1 amide bonds. The fourth-order valence-corrected chi connectivity index (χ4v) is 4.26. The van der Waals surface area contributed by atoms with E-state index in [1.165, 1.54) is 26.4 Å². The summed E-state index contributed by atoms with van der Waals surface area (Å²) < 4.78 is 4.80. The van der Waals surface area contributed by atoms with Gasteiger partial charge in [0.2, 0.25) is 5.91 Å². The molecule has 5 unspecified atom stereocenters. The van der Waals surface area contributed by atoms with Gasteiger partial charge in [-0.05, 0) is 42.9 Å². The number of aliphatic carboxylic acids is 1. The van der Waals surface area contributed by atoms with E-state index in [-0.39, 0.29) is 18.4 Å². The molecule has 0 aromatic heterocycles. The molecule has 3 rings (SSSR count). The maximum atomic E-state index is 12.0. The van der Waals surface area contributed by atoms with Crippen molar-refractivity contribution in [1.82, 2.24) is 5.32 Å². The lowest BCUT2D eigenvalue weighted by Gasteiger charge is -2.13. The second-order valence-electron chi connectivity index (χ2n) is 5.82. The number of fused-ring (bicyclic) bond motifs is 5. The lowest BCUT2D eigenvalue weighted by Crippen LogP contribution is -2.39. The SMILES string of the molecule is COC(CNC(=O)C1C2C3CCC(C3)C12)C(=O)O. The molecule has 3 saturated carbocycles. The van der Waals surface area contributed by atoms with E-state index in [1.54, 1.807) is 0 Å². The first-order chi connectivity index (χ1) is 8.63.